The summed E-state index contributed by atoms with van der Waals surface area (Å²) in [6.45, 7) is 2.57. The van der Waals surface area contributed by atoms with E-state index in [-0.39, 0.29) is 5.97 Å². The van der Waals surface area contributed by atoms with Crippen molar-refractivity contribution in [3.05, 3.63) is 63.9 Å². The fraction of sp³-hybridized carbons (Fsp3) is 0.118. The summed E-state index contributed by atoms with van der Waals surface area (Å²) >= 11 is 1.59. The predicted octanol–water partition coefficient (Wildman–Crippen LogP) is 4.13. The van der Waals surface area contributed by atoms with Crippen LogP contribution in [0.3, 0.4) is 0 Å². The van der Waals surface area contributed by atoms with Crippen molar-refractivity contribution in [1.29, 1.82) is 0 Å². The summed E-state index contributed by atoms with van der Waals surface area (Å²) in [6, 6.07) is 11.4. The molecule has 0 atom stereocenters. The highest BCUT2D eigenvalue weighted by atomic mass is 32.1. The van der Waals surface area contributed by atoms with Crippen molar-refractivity contribution in [2.24, 2.45) is 0 Å². The molecule has 0 spiro atoms. The maximum atomic E-state index is 11.9. The lowest BCUT2D eigenvalue weighted by Crippen LogP contribution is -1.97. The average molecular weight is 298 g/mol. The summed E-state index contributed by atoms with van der Waals surface area (Å²) in [5.41, 5.74) is 1.43. The van der Waals surface area contributed by atoms with Crippen molar-refractivity contribution in [2.75, 3.05) is 6.61 Å². The first kappa shape index (κ1) is 13.6. The van der Waals surface area contributed by atoms with Crippen molar-refractivity contribution in [1.82, 2.24) is 0 Å². The van der Waals surface area contributed by atoms with E-state index in [4.69, 9.17) is 9.47 Å². The van der Waals surface area contributed by atoms with Gasteiger partial charge in [-0.3, -0.25) is 0 Å². The Morgan fingerprint density at radius 2 is 2.05 bits per heavy atom. The molecule has 0 saturated carbocycles. The van der Waals surface area contributed by atoms with E-state index >= 15 is 0 Å². The zero-order valence-corrected chi connectivity index (χ0v) is 12.4. The van der Waals surface area contributed by atoms with Gasteiger partial charge in [-0.05, 0) is 54.8 Å². The lowest BCUT2D eigenvalue weighted by atomic mass is 10.1. The van der Waals surface area contributed by atoms with Crippen molar-refractivity contribution in [3.63, 3.8) is 0 Å². The molecule has 0 aliphatic carbocycles. The zero-order valence-electron chi connectivity index (χ0n) is 11.5. The molecule has 2 aromatic rings. The Balaban J connectivity index is 1.84. The summed E-state index contributed by atoms with van der Waals surface area (Å²) in [7, 11) is 0. The quantitative estimate of drug-likeness (QED) is 0.629. The first-order valence-corrected chi connectivity index (χ1v) is 7.56. The van der Waals surface area contributed by atoms with Crippen molar-refractivity contribution in [3.8, 4) is 5.75 Å². The standard InChI is InChI=1S/C17H14O3S/c1-2-19-14-7-5-12(6-8-14)16-11-13(17(18)20-16)10-15-4-3-9-21-15/h3-11H,2H2,1H3. The Morgan fingerprint density at radius 1 is 1.24 bits per heavy atom. The number of benzene rings is 1. The van der Waals surface area contributed by atoms with Crippen LogP contribution in [0, 0.1) is 0 Å². The normalized spacial score (nSPS) is 16.0. The summed E-state index contributed by atoms with van der Waals surface area (Å²) in [4.78, 5) is 12.9. The van der Waals surface area contributed by atoms with Gasteiger partial charge in [-0.2, -0.15) is 0 Å². The molecule has 2 heterocycles. The SMILES string of the molecule is CCOc1ccc(C2=CC(=Cc3cccs3)C(=O)O2)cc1. The van der Waals surface area contributed by atoms with Gasteiger partial charge in [-0.1, -0.05) is 6.07 Å². The fourth-order valence-corrected chi connectivity index (χ4v) is 2.71. The van der Waals surface area contributed by atoms with Crippen LogP contribution >= 0.6 is 11.3 Å². The number of esters is 1. The third-order valence-corrected chi connectivity index (χ3v) is 3.84. The van der Waals surface area contributed by atoms with Gasteiger partial charge in [0.15, 0.2) is 0 Å². The number of carbonyl (C=O) groups excluding carboxylic acids is 1. The molecule has 1 aliphatic rings. The van der Waals surface area contributed by atoms with Gasteiger partial charge in [-0.15, -0.1) is 11.3 Å². The lowest BCUT2D eigenvalue weighted by molar-refractivity contribution is -0.130. The van der Waals surface area contributed by atoms with Gasteiger partial charge < -0.3 is 9.47 Å². The molecule has 0 N–H and O–H groups in total. The van der Waals surface area contributed by atoms with E-state index in [2.05, 4.69) is 0 Å². The highest BCUT2D eigenvalue weighted by Gasteiger charge is 2.22. The largest absolute Gasteiger partial charge is 0.494 e. The third kappa shape index (κ3) is 3.06. The van der Waals surface area contributed by atoms with E-state index < -0.39 is 0 Å². The van der Waals surface area contributed by atoms with Gasteiger partial charge >= 0.3 is 5.97 Å². The minimum atomic E-state index is -0.313. The average Bonchev–Trinajstić information content (AvgIpc) is 3.11. The molecule has 0 fully saturated rings. The Bertz CT molecular complexity index is 694. The van der Waals surface area contributed by atoms with Gasteiger partial charge in [0, 0.05) is 10.4 Å². The molecule has 3 nitrogen and oxygen atoms in total. The molecule has 1 aliphatic heterocycles. The molecule has 0 saturated heterocycles. The molecule has 1 aromatic carbocycles. The minimum Gasteiger partial charge on any atom is -0.494 e. The van der Waals surface area contributed by atoms with E-state index in [1.54, 1.807) is 17.4 Å². The molecule has 106 valence electrons. The monoisotopic (exact) mass is 298 g/mol. The molecule has 0 unspecified atom stereocenters. The minimum absolute atomic E-state index is 0.313. The third-order valence-electron chi connectivity index (χ3n) is 3.02. The summed E-state index contributed by atoms with van der Waals surface area (Å²) in [5.74, 6) is 1.07. The Labute approximate surface area is 127 Å². The highest BCUT2D eigenvalue weighted by molar-refractivity contribution is 7.10. The van der Waals surface area contributed by atoms with Crippen LogP contribution in [-0.4, -0.2) is 12.6 Å². The van der Waals surface area contributed by atoms with Crippen molar-refractivity contribution >= 4 is 29.1 Å². The number of thiophene rings is 1. The van der Waals surface area contributed by atoms with Gasteiger partial charge in [-0.25, -0.2) is 4.79 Å². The molecule has 0 radical (unpaired) electrons. The van der Waals surface area contributed by atoms with Crippen LogP contribution in [0.5, 0.6) is 5.75 Å². The van der Waals surface area contributed by atoms with Crippen LogP contribution < -0.4 is 4.74 Å². The van der Waals surface area contributed by atoms with Crippen molar-refractivity contribution < 1.29 is 14.3 Å². The van der Waals surface area contributed by atoms with Gasteiger partial charge in [0.25, 0.3) is 0 Å². The molecular weight excluding hydrogens is 284 g/mol. The Kier molecular flexibility index (Phi) is 3.88. The molecular formula is C17H14O3S. The van der Waals surface area contributed by atoms with Gasteiger partial charge in [0.1, 0.15) is 11.5 Å². The second-order valence-electron chi connectivity index (χ2n) is 4.47. The molecule has 0 bridgehead atoms. The summed E-state index contributed by atoms with van der Waals surface area (Å²) in [6.07, 6.45) is 3.62. The maximum Gasteiger partial charge on any atom is 0.343 e. The number of hydrogen-bond acceptors (Lipinski definition) is 4. The fourth-order valence-electron chi connectivity index (χ4n) is 2.04. The lowest BCUT2D eigenvalue weighted by Gasteiger charge is -2.05. The van der Waals surface area contributed by atoms with Gasteiger partial charge in [0.05, 0.1) is 12.2 Å². The predicted molar refractivity (Wildman–Crippen MR) is 84.0 cm³/mol. The smallest absolute Gasteiger partial charge is 0.343 e. The number of rotatable bonds is 4. The summed E-state index contributed by atoms with van der Waals surface area (Å²) in [5, 5.41) is 1.98. The van der Waals surface area contributed by atoms with Crippen LogP contribution in [0.25, 0.3) is 11.8 Å². The van der Waals surface area contributed by atoms with E-state index in [0.717, 1.165) is 16.2 Å². The Morgan fingerprint density at radius 3 is 2.71 bits per heavy atom. The Hall–Kier alpha value is -2.33. The van der Waals surface area contributed by atoms with Crippen LogP contribution in [0.2, 0.25) is 0 Å². The zero-order chi connectivity index (χ0) is 14.7. The molecule has 1 aromatic heterocycles. The topological polar surface area (TPSA) is 35.5 Å². The van der Waals surface area contributed by atoms with Gasteiger partial charge in [0.2, 0.25) is 0 Å². The molecule has 4 heteroatoms. The van der Waals surface area contributed by atoms with E-state index in [9.17, 15) is 4.79 Å². The van der Waals surface area contributed by atoms with Crippen LogP contribution in [0.15, 0.2) is 53.4 Å². The van der Waals surface area contributed by atoms with E-state index in [1.807, 2.05) is 54.8 Å². The molecule has 3 rings (SSSR count). The second-order valence-corrected chi connectivity index (χ2v) is 5.45. The summed E-state index contributed by atoms with van der Waals surface area (Å²) < 4.78 is 10.7. The van der Waals surface area contributed by atoms with Crippen molar-refractivity contribution in [2.45, 2.75) is 6.92 Å². The molecule has 0 amide bonds. The van der Waals surface area contributed by atoms with Crippen LogP contribution in [-0.2, 0) is 9.53 Å². The number of hydrogen-bond donors (Lipinski definition) is 0. The molecule has 21 heavy (non-hydrogen) atoms. The first-order valence-electron chi connectivity index (χ1n) is 6.68. The second kappa shape index (κ2) is 5.97. The number of ether oxygens (including phenoxy) is 2. The number of cyclic esters (lactones) is 1. The van der Waals surface area contributed by atoms with E-state index in [0.29, 0.717) is 17.9 Å². The van der Waals surface area contributed by atoms with Crippen LogP contribution in [0.4, 0.5) is 0 Å². The first-order chi connectivity index (χ1) is 10.3. The van der Waals surface area contributed by atoms with Crippen LogP contribution in [0.1, 0.15) is 17.4 Å². The van der Waals surface area contributed by atoms with E-state index in [1.165, 1.54) is 0 Å². The maximum absolute atomic E-state index is 11.9. The highest BCUT2D eigenvalue weighted by Crippen LogP contribution is 2.29. The number of carbonyl (C=O) groups is 1.